The molecule has 0 aliphatic heterocycles. The van der Waals surface area contributed by atoms with E-state index in [0.29, 0.717) is 6.54 Å². The summed E-state index contributed by atoms with van der Waals surface area (Å²) >= 11 is 0. The maximum Gasteiger partial charge on any atom is 0.243 e. The van der Waals surface area contributed by atoms with Crippen molar-refractivity contribution < 1.29 is 8.42 Å². The summed E-state index contributed by atoms with van der Waals surface area (Å²) in [6.45, 7) is 2.12. The van der Waals surface area contributed by atoms with Crippen LogP contribution in [0.15, 0.2) is 17.3 Å². The van der Waals surface area contributed by atoms with Crippen LogP contribution < -0.4 is 4.72 Å². The third-order valence-electron chi connectivity index (χ3n) is 1.33. The van der Waals surface area contributed by atoms with Gasteiger partial charge in [0, 0.05) is 19.8 Å². The summed E-state index contributed by atoms with van der Waals surface area (Å²) < 4.78 is 26.4. The van der Waals surface area contributed by atoms with Gasteiger partial charge >= 0.3 is 0 Å². The molecule has 0 amide bonds. The normalized spacial score (nSPS) is 11.8. The van der Waals surface area contributed by atoms with Crippen LogP contribution in [-0.4, -0.2) is 24.7 Å². The summed E-state index contributed by atoms with van der Waals surface area (Å²) in [5.41, 5.74) is 0. The number of aromatic nitrogens is 2. The maximum atomic E-state index is 11.3. The van der Waals surface area contributed by atoms with Gasteiger partial charge in [-0.05, 0) is 0 Å². The summed E-state index contributed by atoms with van der Waals surface area (Å²) in [5, 5.41) is 3.76. The molecule has 0 radical (unpaired) electrons. The molecule has 0 unspecified atom stereocenters. The van der Waals surface area contributed by atoms with Gasteiger partial charge in [-0.3, -0.25) is 4.68 Å². The summed E-state index contributed by atoms with van der Waals surface area (Å²) in [6.07, 6.45) is 2.77. The minimum atomic E-state index is -3.32. The second kappa shape index (κ2) is 3.24. The molecule has 1 N–H and O–H groups in total. The zero-order valence-corrected chi connectivity index (χ0v) is 7.80. The van der Waals surface area contributed by atoms with E-state index in [1.54, 1.807) is 14.0 Å². The Balaban J connectivity index is 2.98. The Morgan fingerprint density at radius 2 is 2.33 bits per heavy atom. The van der Waals surface area contributed by atoms with E-state index in [-0.39, 0.29) is 4.90 Å². The Morgan fingerprint density at radius 3 is 2.75 bits per heavy atom. The molecule has 6 heteroatoms. The van der Waals surface area contributed by atoms with Crippen molar-refractivity contribution in [2.75, 3.05) is 6.54 Å². The number of nitrogens with zero attached hydrogens (tertiary/aromatic N) is 2. The molecule has 0 saturated heterocycles. The first kappa shape index (κ1) is 9.21. The van der Waals surface area contributed by atoms with E-state index in [1.807, 2.05) is 0 Å². The Kier molecular flexibility index (Phi) is 2.49. The Hall–Kier alpha value is -0.880. The van der Waals surface area contributed by atoms with Crippen LogP contribution in [0.5, 0.6) is 0 Å². The van der Waals surface area contributed by atoms with Crippen LogP contribution in [0, 0.1) is 0 Å². The molecule has 68 valence electrons. The molecule has 1 heterocycles. The third kappa shape index (κ3) is 1.83. The van der Waals surface area contributed by atoms with Crippen LogP contribution in [0.2, 0.25) is 0 Å². The van der Waals surface area contributed by atoms with Crippen LogP contribution in [0.1, 0.15) is 6.92 Å². The molecule has 1 rings (SSSR count). The van der Waals surface area contributed by atoms with E-state index < -0.39 is 10.0 Å². The van der Waals surface area contributed by atoms with Gasteiger partial charge in [0.05, 0.1) is 6.20 Å². The smallest absolute Gasteiger partial charge is 0.243 e. The van der Waals surface area contributed by atoms with Crippen LogP contribution in [0.4, 0.5) is 0 Å². The molecule has 0 spiro atoms. The lowest BCUT2D eigenvalue weighted by Crippen LogP contribution is -2.22. The first-order valence-electron chi connectivity index (χ1n) is 3.54. The highest BCUT2D eigenvalue weighted by molar-refractivity contribution is 7.89. The number of aryl methyl sites for hydroxylation is 1. The fraction of sp³-hybridized carbons (Fsp3) is 0.500. The van der Waals surface area contributed by atoms with Crippen LogP contribution in [-0.2, 0) is 17.1 Å². The minimum absolute atomic E-state index is 0.201. The van der Waals surface area contributed by atoms with Crippen molar-refractivity contribution in [3.05, 3.63) is 12.4 Å². The van der Waals surface area contributed by atoms with Gasteiger partial charge in [-0.1, -0.05) is 6.92 Å². The Bertz CT molecular complexity index is 355. The molecule has 0 aliphatic carbocycles. The van der Waals surface area contributed by atoms with Crippen LogP contribution in [0.25, 0.3) is 0 Å². The molecule has 5 nitrogen and oxygen atoms in total. The fourth-order valence-corrected chi connectivity index (χ4v) is 1.83. The monoisotopic (exact) mass is 189 g/mol. The van der Waals surface area contributed by atoms with E-state index in [0.717, 1.165) is 0 Å². The Labute approximate surface area is 71.4 Å². The van der Waals surface area contributed by atoms with Gasteiger partial charge in [-0.15, -0.1) is 0 Å². The first-order valence-corrected chi connectivity index (χ1v) is 5.03. The number of hydrogen-bond acceptors (Lipinski definition) is 3. The van der Waals surface area contributed by atoms with Crippen molar-refractivity contribution in [1.82, 2.24) is 14.5 Å². The molecule has 0 bridgehead atoms. The first-order chi connectivity index (χ1) is 5.56. The van der Waals surface area contributed by atoms with E-state index in [1.165, 1.54) is 17.1 Å². The van der Waals surface area contributed by atoms with Crippen LogP contribution in [0.3, 0.4) is 0 Å². The molecule has 0 saturated carbocycles. The largest absolute Gasteiger partial charge is 0.274 e. The average Bonchev–Trinajstić information content (AvgIpc) is 2.36. The topological polar surface area (TPSA) is 64.0 Å². The van der Waals surface area contributed by atoms with Gasteiger partial charge in [0.25, 0.3) is 0 Å². The lowest BCUT2D eigenvalue weighted by atomic mass is 10.7. The highest BCUT2D eigenvalue weighted by atomic mass is 32.2. The molecule has 0 aromatic carbocycles. The van der Waals surface area contributed by atoms with E-state index in [2.05, 4.69) is 9.82 Å². The van der Waals surface area contributed by atoms with Gasteiger partial charge in [0.1, 0.15) is 4.90 Å². The molecular formula is C6H11N3O2S. The number of hydrogen-bond donors (Lipinski definition) is 1. The molecule has 12 heavy (non-hydrogen) atoms. The van der Waals surface area contributed by atoms with Crippen molar-refractivity contribution >= 4 is 10.0 Å². The summed E-state index contributed by atoms with van der Waals surface area (Å²) in [7, 11) is -1.65. The minimum Gasteiger partial charge on any atom is -0.274 e. The van der Waals surface area contributed by atoms with Gasteiger partial charge in [-0.2, -0.15) is 5.10 Å². The number of sulfonamides is 1. The SMILES string of the molecule is CCNS(=O)(=O)c1cnn(C)c1. The lowest BCUT2D eigenvalue weighted by molar-refractivity contribution is 0.584. The molecule has 0 atom stereocenters. The quantitative estimate of drug-likeness (QED) is 0.711. The van der Waals surface area contributed by atoms with Gasteiger partial charge in [0.2, 0.25) is 10.0 Å². The van der Waals surface area contributed by atoms with Crippen molar-refractivity contribution in [2.24, 2.45) is 7.05 Å². The molecule has 0 fully saturated rings. The van der Waals surface area contributed by atoms with Gasteiger partial charge in [0.15, 0.2) is 0 Å². The van der Waals surface area contributed by atoms with E-state index in [9.17, 15) is 8.42 Å². The zero-order chi connectivity index (χ0) is 9.19. The van der Waals surface area contributed by atoms with Gasteiger partial charge in [-0.25, -0.2) is 13.1 Å². The second-order valence-electron chi connectivity index (χ2n) is 2.35. The number of rotatable bonds is 3. The molecule has 0 aliphatic rings. The zero-order valence-electron chi connectivity index (χ0n) is 6.98. The van der Waals surface area contributed by atoms with E-state index >= 15 is 0 Å². The van der Waals surface area contributed by atoms with Crippen molar-refractivity contribution in [2.45, 2.75) is 11.8 Å². The number of nitrogens with one attached hydrogen (secondary N) is 1. The second-order valence-corrected chi connectivity index (χ2v) is 4.12. The summed E-state index contributed by atoms with van der Waals surface area (Å²) in [4.78, 5) is 0.201. The molecule has 1 aromatic heterocycles. The van der Waals surface area contributed by atoms with Gasteiger partial charge < -0.3 is 0 Å². The average molecular weight is 189 g/mol. The van der Waals surface area contributed by atoms with Crippen molar-refractivity contribution in [3.63, 3.8) is 0 Å². The highest BCUT2D eigenvalue weighted by Gasteiger charge is 2.13. The van der Waals surface area contributed by atoms with Crippen molar-refractivity contribution in [1.29, 1.82) is 0 Å². The Morgan fingerprint density at radius 1 is 1.67 bits per heavy atom. The predicted octanol–water partition coefficient (Wildman–Crippen LogP) is -0.282. The van der Waals surface area contributed by atoms with E-state index in [4.69, 9.17) is 0 Å². The highest BCUT2D eigenvalue weighted by Crippen LogP contribution is 2.04. The summed E-state index contributed by atoms with van der Waals surface area (Å²) in [5.74, 6) is 0. The standard InChI is InChI=1S/C6H11N3O2S/c1-3-8-12(10,11)6-4-7-9(2)5-6/h4-5,8H,3H2,1-2H3. The van der Waals surface area contributed by atoms with Crippen LogP contribution >= 0.6 is 0 Å². The molecular weight excluding hydrogens is 178 g/mol. The van der Waals surface area contributed by atoms with Crippen molar-refractivity contribution in [3.8, 4) is 0 Å². The lowest BCUT2D eigenvalue weighted by Gasteiger charge is -1.98. The predicted molar refractivity (Wildman–Crippen MR) is 44.1 cm³/mol. The third-order valence-corrected chi connectivity index (χ3v) is 2.83. The maximum absolute atomic E-state index is 11.3. The fourth-order valence-electron chi connectivity index (χ4n) is 0.811. The summed E-state index contributed by atoms with van der Waals surface area (Å²) in [6, 6.07) is 0. The molecule has 1 aromatic rings.